The number of nitrogens with one attached hydrogen (secondary N) is 1. The van der Waals surface area contributed by atoms with Gasteiger partial charge in [-0.3, -0.25) is 4.79 Å². The molecule has 0 spiro atoms. The van der Waals surface area contributed by atoms with Crippen molar-refractivity contribution in [3.63, 3.8) is 0 Å². The van der Waals surface area contributed by atoms with E-state index in [-0.39, 0.29) is 5.78 Å². The molecule has 0 bridgehead atoms. The number of Topliss-reactive ketones (excluding diaryl/α,β-unsaturated/α-hetero) is 1. The molecule has 1 aliphatic carbocycles. The highest BCUT2D eigenvalue weighted by Crippen LogP contribution is 2.26. The highest BCUT2D eigenvalue weighted by atomic mass is 35.5. The first kappa shape index (κ1) is 11.5. The van der Waals surface area contributed by atoms with Crippen molar-refractivity contribution in [2.24, 2.45) is 0 Å². The van der Waals surface area contributed by atoms with Crippen molar-refractivity contribution in [3.05, 3.63) is 40.0 Å². The van der Waals surface area contributed by atoms with E-state index in [1.165, 1.54) is 0 Å². The van der Waals surface area contributed by atoms with E-state index in [2.05, 4.69) is 5.32 Å². The Labute approximate surface area is 104 Å². The van der Waals surface area contributed by atoms with Crippen LogP contribution in [0.1, 0.15) is 19.3 Å². The van der Waals surface area contributed by atoms with Crippen LogP contribution in [0.4, 0.5) is 5.69 Å². The minimum atomic E-state index is 0.0179. The largest absolute Gasteiger partial charge is 0.358 e. The summed E-state index contributed by atoms with van der Waals surface area (Å²) in [6.07, 6.45) is 2.21. The number of carbonyl (C=O) groups is 1. The van der Waals surface area contributed by atoms with Gasteiger partial charge in [-0.25, -0.2) is 0 Å². The number of benzene rings is 1. The Morgan fingerprint density at radius 3 is 2.44 bits per heavy atom. The van der Waals surface area contributed by atoms with Gasteiger partial charge in [0.25, 0.3) is 0 Å². The maximum atomic E-state index is 11.4. The van der Waals surface area contributed by atoms with Crippen LogP contribution >= 0.6 is 23.2 Å². The molecule has 0 atom stereocenters. The second-order valence-corrected chi connectivity index (χ2v) is 4.52. The zero-order valence-corrected chi connectivity index (χ0v) is 10.1. The number of allylic oxidation sites excluding steroid dienone is 2. The molecule has 4 heteroatoms. The normalized spacial score (nSPS) is 16.5. The van der Waals surface area contributed by atoms with Crippen molar-refractivity contribution in [1.29, 1.82) is 0 Å². The molecule has 0 fully saturated rings. The van der Waals surface area contributed by atoms with Crippen LogP contribution in [-0.2, 0) is 4.79 Å². The summed E-state index contributed by atoms with van der Waals surface area (Å²) in [7, 11) is 0. The summed E-state index contributed by atoms with van der Waals surface area (Å²) < 4.78 is 0. The van der Waals surface area contributed by atoms with E-state index >= 15 is 0 Å². The van der Waals surface area contributed by atoms with Gasteiger partial charge in [0.1, 0.15) is 5.03 Å². The molecule has 0 aromatic heterocycles. The third kappa shape index (κ3) is 2.57. The molecular formula is C12H11Cl2NO. The minimum absolute atomic E-state index is 0.0179. The number of ketones is 1. The predicted octanol–water partition coefficient (Wildman–Crippen LogP) is 3.96. The quantitative estimate of drug-likeness (QED) is 0.867. The predicted molar refractivity (Wildman–Crippen MR) is 66.8 cm³/mol. The molecule has 16 heavy (non-hydrogen) atoms. The van der Waals surface area contributed by atoms with Gasteiger partial charge in [-0.05, 0) is 37.1 Å². The molecule has 1 aromatic carbocycles. The molecule has 0 saturated carbocycles. The maximum absolute atomic E-state index is 11.4. The van der Waals surface area contributed by atoms with Crippen LogP contribution in [-0.4, -0.2) is 5.78 Å². The van der Waals surface area contributed by atoms with E-state index < -0.39 is 0 Å². The van der Waals surface area contributed by atoms with Crippen LogP contribution in [0.3, 0.4) is 0 Å². The highest BCUT2D eigenvalue weighted by molar-refractivity contribution is 6.43. The van der Waals surface area contributed by atoms with Gasteiger partial charge in [0.2, 0.25) is 0 Å². The standard InChI is InChI=1S/C12H11Cl2NO/c13-8-4-6-9(7-5-8)15-10-2-1-3-11(16)12(10)14/h4-7,15H,1-3H2. The van der Waals surface area contributed by atoms with Crippen LogP contribution in [0, 0.1) is 0 Å². The van der Waals surface area contributed by atoms with E-state index in [9.17, 15) is 4.79 Å². The van der Waals surface area contributed by atoms with E-state index in [1.807, 2.05) is 12.1 Å². The number of rotatable bonds is 2. The topological polar surface area (TPSA) is 29.1 Å². The third-order valence-electron chi connectivity index (χ3n) is 2.48. The molecule has 1 N–H and O–H groups in total. The average molecular weight is 256 g/mol. The lowest BCUT2D eigenvalue weighted by Gasteiger charge is -2.17. The zero-order chi connectivity index (χ0) is 11.5. The molecule has 84 valence electrons. The van der Waals surface area contributed by atoms with Crippen LogP contribution in [0.25, 0.3) is 0 Å². The molecule has 0 saturated heterocycles. The summed E-state index contributed by atoms with van der Waals surface area (Å²) in [4.78, 5) is 11.4. The molecule has 0 radical (unpaired) electrons. The van der Waals surface area contributed by atoms with E-state index in [0.29, 0.717) is 16.5 Å². The summed E-state index contributed by atoms with van der Waals surface area (Å²) in [6.45, 7) is 0. The summed E-state index contributed by atoms with van der Waals surface area (Å²) in [5.41, 5.74) is 1.70. The first-order valence-electron chi connectivity index (χ1n) is 5.11. The second-order valence-electron chi connectivity index (χ2n) is 3.70. The van der Waals surface area contributed by atoms with Crippen LogP contribution in [0.5, 0.6) is 0 Å². The molecule has 2 rings (SSSR count). The zero-order valence-electron chi connectivity index (χ0n) is 8.59. The maximum Gasteiger partial charge on any atom is 0.175 e. The smallest absolute Gasteiger partial charge is 0.175 e. The molecule has 0 amide bonds. The lowest BCUT2D eigenvalue weighted by Crippen LogP contribution is -2.13. The van der Waals surface area contributed by atoms with Crippen molar-refractivity contribution < 1.29 is 4.79 Å². The second kappa shape index (κ2) is 4.89. The van der Waals surface area contributed by atoms with Crippen molar-refractivity contribution in [1.82, 2.24) is 0 Å². The monoisotopic (exact) mass is 255 g/mol. The molecule has 0 heterocycles. The van der Waals surface area contributed by atoms with Gasteiger partial charge in [0.05, 0.1) is 0 Å². The lowest BCUT2D eigenvalue weighted by molar-refractivity contribution is -0.115. The van der Waals surface area contributed by atoms with Crippen LogP contribution < -0.4 is 5.32 Å². The Balaban J connectivity index is 2.18. The van der Waals surface area contributed by atoms with Gasteiger partial charge in [0.15, 0.2) is 5.78 Å². The minimum Gasteiger partial charge on any atom is -0.358 e. The van der Waals surface area contributed by atoms with Crippen molar-refractivity contribution >= 4 is 34.7 Å². The van der Waals surface area contributed by atoms with Gasteiger partial charge < -0.3 is 5.32 Å². The van der Waals surface area contributed by atoms with E-state index in [1.54, 1.807) is 12.1 Å². The number of anilines is 1. The molecule has 1 aliphatic rings. The summed E-state index contributed by atoms with van der Waals surface area (Å²) in [6, 6.07) is 7.31. The van der Waals surface area contributed by atoms with Gasteiger partial charge in [0, 0.05) is 22.8 Å². The summed E-state index contributed by atoms with van der Waals surface area (Å²) in [5, 5.41) is 4.18. The summed E-state index contributed by atoms with van der Waals surface area (Å²) >= 11 is 11.7. The Bertz CT molecular complexity index is 437. The highest BCUT2D eigenvalue weighted by Gasteiger charge is 2.18. The Hall–Kier alpha value is -0.990. The van der Waals surface area contributed by atoms with Crippen molar-refractivity contribution in [2.75, 3.05) is 5.32 Å². The lowest BCUT2D eigenvalue weighted by atomic mass is 10.0. The fourth-order valence-corrected chi connectivity index (χ4v) is 2.00. The fourth-order valence-electron chi connectivity index (χ4n) is 1.64. The average Bonchev–Trinajstić information content (AvgIpc) is 2.28. The van der Waals surface area contributed by atoms with Gasteiger partial charge >= 0.3 is 0 Å². The number of halogens is 2. The Kier molecular flexibility index (Phi) is 3.52. The number of carbonyl (C=O) groups excluding carboxylic acids is 1. The molecule has 1 aromatic rings. The van der Waals surface area contributed by atoms with Crippen LogP contribution in [0.15, 0.2) is 35.0 Å². The third-order valence-corrected chi connectivity index (χ3v) is 3.17. The van der Waals surface area contributed by atoms with Crippen LogP contribution in [0.2, 0.25) is 5.02 Å². The first-order chi connectivity index (χ1) is 7.66. The van der Waals surface area contributed by atoms with E-state index in [0.717, 1.165) is 24.2 Å². The number of hydrogen-bond donors (Lipinski definition) is 1. The SMILES string of the molecule is O=C1CCCC(Nc2ccc(Cl)cc2)=C1Cl. The molecule has 0 aliphatic heterocycles. The molecule has 0 unspecified atom stereocenters. The van der Waals surface area contributed by atoms with Crippen molar-refractivity contribution in [3.8, 4) is 0 Å². The first-order valence-corrected chi connectivity index (χ1v) is 5.87. The molecule has 2 nitrogen and oxygen atoms in total. The van der Waals surface area contributed by atoms with Crippen molar-refractivity contribution in [2.45, 2.75) is 19.3 Å². The van der Waals surface area contributed by atoms with Gasteiger partial charge in [-0.1, -0.05) is 23.2 Å². The number of hydrogen-bond acceptors (Lipinski definition) is 2. The Morgan fingerprint density at radius 2 is 1.75 bits per heavy atom. The Morgan fingerprint density at radius 1 is 1.06 bits per heavy atom. The van der Waals surface area contributed by atoms with Gasteiger partial charge in [-0.15, -0.1) is 0 Å². The van der Waals surface area contributed by atoms with E-state index in [4.69, 9.17) is 23.2 Å². The molecular weight excluding hydrogens is 245 g/mol. The van der Waals surface area contributed by atoms with Gasteiger partial charge in [-0.2, -0.15) is 0 Å². The summed E-state index contributed by atoms with van der Waals surface area (Å²) in [5.74, 6) is 0.0179. The fraction of sp³-hybridized carbons (Fsp3) is 0.250.